The van der Waals surface area contributed by atoms with Crippen molar-refractivity contribution in [3.8, 4) is 5.88 Å². The number of rotatable bonds is 9. The molecule has 0 aliphatic carbocycles. The van der Waals surface area contributed by atoms with Gasteiger partial charge in [0.1, 0.15) is 0 Å². The van der Waals surface area contributed by atoms with E-state index in [2.05, 4.69) is 22.2 Å². The number of halogens is 1. The van der Waals surface area contributed by atoms with E-state index in [4.69, 9.17) is 15.2 Å². The lowest BCUT2D eigenvalue weighted by Crippen LogP contribution is -2.40. The Kier molecular flexibility index (Phi) is 11.8. The summed E-state index contributed by atoms with van der Waals surface area (Å²) in [5.74, 6) is 1.02. The highest BCUT2D eigenvalue weighted by molar-refractivity contribution is 14.0. The summed E-state index contributed by atoms with van der Waals surface area (Å²) in [5, 5.41) is 3.06. The van der Waals surface area contributed by atoms with Gasteiger partial charge < -0.3 is 20.5 Å². The van der Waals surface area contributed by atoms with E-state index in [1.165, 1.54) is 0 Å². The Morgan fingerprint density at radius 2 is 2.27 bits per heavy atom. The van der Waals surface area contributed by atoms with Crippen LogP contribution in [0, 0.1) is 0 Å². The molecule has 7 heteroatoms. The summed E-state index contributed by atoms with van der Waals surface area (Å²) in [6.07, 6.45) is 3.82. The molecule has 0 amide bonds. The molecule has 3 N–H and O–H groups in total. The first-order chi connectivity index (χ1) is 10.2. The molecule has 0 aliphatic rings. The molecule has 1 atom stereocenters. The molecule has 0 aromatic carbocycles. The summed E-state index contributed by atoms with van der Waals surface area (Å²) < 4.78 is 10.7. The molecule has 0 fully saturated rings. The van der Waals surface area contributed by atoms with Crippen molar-refractivity contribution in [1.29, 1.82) is 0 Å². The maximum atomic E-state index is 5.85. The molecule has 0 bridgehead atoms. The molecule has 1 rings (SSSR count). The number of aromatic nitrogens is 1. The second kappa shape index (κ2) is 12.5. The largest absolute Gasteiger partial charge is 0.477 e. The van der Waals surface area contributed by atoms with Gasteiger partial charge in [0.15, 0.2) is 5.96 Å². The number of nitrogens with two attached hydrogens (primary N) is 1. The highest BCUT2D eigenvalue weighted by atomic mass is 127. The van der Waals surface area contributed by atoms with Crippen LogP contribution in [0.2, 0.25) is 0 Å². The highest BCUT2D eigenvalue weighted by Gasteiger charge is 2.05. The van der Waals surface area contributed by atoms with Gasteiger partial charge in [-0.25, -0.2) is 9.98 Å². The Labute approximate surface area is 149 Å². The van der Waals surface area contributed by atoms with Crippen molar-refractivity contribution >= 4 is 29.9 Å². The number of hydrogen-bond acceptors (Lipinski definition) is 4. The highest BCUT2D eigenvalue weighted by Crippen LogP contribution is 2.15. The summed E-state index contributed by atoms with van der Waals surface area (Å²) in [6, 6.07) is 3.94. The Morgan fingerprint density at radius 3 is 2.95 bits per heavy atom. The van der Waals surface area contributed by atoms with Crippen LogP contribution in [0.1, 0.15) is 32.3 Å². The fourth-order valence-corrected chi connectivity index (χ4v) is 1.75. The third-order valence-electron chi connectivity index (χ3n) is 2.82. The number of pyridine rings is 1. The summed E-state index contributed by atoms with van der Waals surface area (Å²) >= 11 is 0. The number of methoxy groups -OCH3 is 1. The predicted octanol–water partition coefficient (Wildman–Crippen LogP) is 2.32. The minimum atomic E-state index is 0. The van der Waals surface area contributed by atoms with Crippen molar-refractivity contribution in [2.75, 3.05) is 20.3 Å². The number of guanidine groups is 1. The smallest absolute Gasteiger partial charge is 0.218 e. The predicted molar refractivity (Wildman–Crippen MR) is 99.9 cm³/mol. The molecule has 22 heavy (non-hydrogen) atoms. The van der Waals surface area contributed by atoms with Crippen LogP contribution >= 0.6 is 24.0 Å². The first-order valence-electron chi connectivity index (χ1n) is 7.29. The molecule has 1 unspecified atom stereocenters. The quantitative estimate of drug-likeness (QED) is 0.276. The molecule has 0 saturated heterocycles. The lowest BCUT2D eigenvalue weighted by atomic mass is 10.2. The van der Waals surface area contributed by atoms with E-state index in [0.29, 0.717) is 31.6 Å². The van der Waals surface area contributed by atoms with E-state index in [1.807, 2.05) is 19.1 Å². The van der Waals surface area contributed by atoms with E-state index in [-0.39, 0.29) is 30.0 Å². The van der Waals surface area contributed by atoms with Crippen LogP contribution in [-0.2, 0) is 11.3 Å². The minimum absolute atomic E-state index is 0. The normalized spacial score (nSPS) is 12.4. The molecule has 1 heterocycles. The molecular formula is C15H27IN4O2. The molecule has 0 radical (unpaired) electrons. The first kappa shape index (κ1) is 20.9. The van der Waals surface area contributed by atoms with Gasteiger partial charge in [-0.05, 0) is 19.4 Å². The SMILES string of the molecule is CCCCOc1ncccc1CN=C(N)NC(C)COC.I. The van der Waals surface area contributed by atoms with E-state index < -0.39 is 0 Å². The van der Waals surface area contributed by atoms with Crippen molar-refractivity contribution in [2.45, 2.75) is 39.3 Å². The zero-order chi connectivity index (χ0) is 15.5. The van der Waals surface area contributed by atoms with Gasteiger partial charge in [-0.2, -0.15) is 0 Å². The van der Waals surface area contributed by atoms with Crippen molar-refractivity contribution in [1.82, 2.24) is 10.3 Å². The van der Waals surface area contributed by atoms with Gasteiger partial charge in [-0.1, -0.05) is 19.4 Å². The van der Waals surface area contributed by atoms with Gasteiger partial charge in [0.2, 0.25) is 5.88 Å². The molecular weight excluding hydrogens is 395 g/mol. The van der Waals surface area contributed by atoms with E-state index in [0.717, 1.165) is 18.4 Å². The standard InChI is InChI=1S/C15H26N4O2.HI/c1-4-5-9-21-14-13(7-6-8-17-14)10-18-15(16)19-12(2)11-20-3;/h6-8,12H,4-5,9-11H2,1-3H3,(H3,16,18,19);1H. The fraction of sp³-hybridized carbons (Fsp3) is 0.600. The number of nitrogens with one attached hydrogen (secondary N) is 1. The number of nitrogens with zero attached hydrogens (tertiary/aromatic N) is 2. The van der Waals surface area contributed by atoms with Gasteiger partial charge in [0.25, 0.3) is 0 Å². The van der Waals surface area contributed by atoms with E-state index in [9.17, 15) is 0 Å². The molecule has 6 nitrogen and oxygen atoms in total. The van der Waals surface area contributed by atoms with E-state index in [1.54, 1.807) is 13.3 Å². The maximum Gasteiger partial charge on any atom is 0.218 e. The molecule has 0 aliphatic heterocycles. The van der Waals surface area contributed by atoms with Gasteiger partial charge >= 0.3 is 0 Å². The van der Waals surface area contributed by atoms with E-state index >= 15 is 0 Å². The zero-order valence-electron chi connectivity index (χ0n) is 13.5. The average molecular weight is 422 g/mol. The molecule has 1 aromatic heterocycles. The maximum absolute atomic E-state index is 5.85. The lowest BCUT2D eigenvalue weighted by molar-refractivity contribution is 0.179. The Balaban J connectivity index is 0.00000441. The van der Waals surface area contributed by atoms with Gasteiger partial charge in [0.05, 0.1) is 19.8 Å². The first-order valence-corrected chi connectivity index (χ1v) is 7.29. The monoisotopic (exact) mass is 422 g/mol. The second-order valence-corrected chi connectivity index (χ2v) is 4.87. The van der Waals surface area contributed by atoms with Crippen molar-refractivity contribution in [3.05, 3.63) is 23.9 Å². The summed E-state index contributed by atoms with van der Waals surface area (Å²) in [5.41, 5.74) is 6.78. The molecule has 126 valence electrons. The second-order valence-electron chi connectivity index (χ2n) is 4.87. The number of aliphatic imine (C=N–C) groups is 1. The zero-order valence-corrected chi connectivity index (χ0v) is 15.9. The van der Waals surface area contributed by atoms with Gasteiger partial charge in [-0.3, -0.25) is 0 Å². The van der Waals surface area contributed by atoms with Crippen LogP contribution in [0.3, 0.4) is 0 Å². The van der Waals surface area contributed by atoms with Crippen LogP contribution in [0.4, 0.5) is 0 Å². The van der Waals surface area contributed by atoms with Crippen LogP contribution in [-0.4, -0.2) is 37.3 Å². The third-order valence-corrected chi connectivity index (χ3v) is 2.82. The summed E-state index contributed by atoms with van der Waals surface area (Å²) in [4.78, 5) is 8.56. The Hall–Kier alpha value is -1.09. The average Bonchev–Trinajstić information content (AvgIpc) is 2.46. The summed E-state index contributed by atoms with van der Waals surface area (Å²) in [7, 11) is 1.65. The van der Waals surface area contributed by atoms with Crippen LogP contribution in [0.25, 0.3) is 0 Å². The molecule has 1 aromatic rings. The number of ether oxygens (including phenoxy) is 2. The summed E-state index contributed by atoms with van der Waals surface area (Å²) in [6.45, 7) is 5.79. The topological polar surface area (TPSA) is 81.8 Å². The van der Waals surface area contributed by atoms with Crippen molar-refractivity contribution in [3.63, 3.8) is 0 Å². The van der Waals surface area contributed by atoms with Gasteiger partial charge in [0, 0.05) is 24.9 Å². The van der Waals surface area contributed by atoms with Crippen LogP contribution < -0.4 is 15.8 Å². The lowest BCUT2D eigenvalue weighted by Gasteiger charge is -2.13. The third kappa shape index (κ3) is 8.38. The minimum Gasteiger partial charge on any atom is -0.477 e. The van der Waals surface area contributed by atoms with Crippen LogP contribution in [0.15, 0.2) is 23.3 Å². The van der Waals surface area contributed by atoms with Crippen molar-refractivity contribution < 1.29 is 9.47 Å². The van der Waals surface area contributed by atoms with Crippen molar-refractivity contribution in [2.24, 2.45) is 10.7 Å². The fourth-order valence-electron chi connectivity index (χ4n) is 1.75. The Morgan fingerprint density at radius 1 is 1.50 bits per heavy atom. The van der Waals surface area contributed by atoms with Crippen LogP contribution in [0.5, 0.6) is 5.88 Å². The number of hydrogen-bond donors (Lipinski definition) is 2. The molecule has 0 spiro atoms. The van der Waals surface area contributed by atoms with Gasteiger partial charge in [-0.15, -0.1) is 24.0 Å². The number of unbranched alkanes of at least 4 members (excludes halogenated alkanes) is 1. The molecule has 0 saturated carbocycles. The Bertz CT molecular complexity index is 443.